The van der Waals surface area contributed by atoms with Gasteiger partial charge in [-0.3, -0.25) is 9.59 Å². The van der Waals surface area contributed by atoms with E-state index in [4.69, 9.17) is 9.47 Å². The molecule has 0 aliphatic heterocycles. The molecule has 0 saturated carbocycles. The third-order valence-corrected chi connectivity index (χ3v) is 3.85. The second kappa shape index (κ2) is 9.62. The van der Waals surface area contributed by atoms with Gasteiger partial charge in [0.15, 0.2) is 11.5 Å². The fourth-order valence-electron chi connectivity index (χ4n) is 2.53. The number of ether oxygens (including phenoxy) is 2. The number of benzene rings is 2. The van der Waals surface area contributed by atoms with Gasteiger partial charge in [0.05, 0.1) is 19.8 Å². The molecule has 0 saturated heterocycles. The number of nitrogens with one attached hydrogen (secondary N) is 1. The highest BCUT2D eigenvalue weighted by molar-refractivity contribution is 5.99. The number of carbonyl (C=O) groups excluding carboxylic acids is 2. The monoisotopic (exact) mass is 370 g/mol. The molecule has 2 aromatic carbocycles. The zero-order valence-corrected chi connectivity index (χ0v) is 16.2. The van der Waals surface area contributed by atoms with Crippen LogP contribution < -0.4 is 14.8 Å². The van der Waals surface area contributed by atoms with Gasteiger partial charge in [-0.1, -0.05) is 17.7 Å². The number of likely N-dealkylation sites (N-methyl/N-ethyl adjacent to an activating group) is 1. The van der Waals surface area contributed by atoms with Crippen molar-refractivity contribution in [3.63, 3.8) is 0 Å². The van der Waals surface area contributed by atoms with Crippen molar-refractivity contribution in [2.75, 3.05) is 32.1 Å². The molecular weight excluding hydrogens is 344 g/mol. The van der Waals surface area contributed by atoms with Crippen LogP contribution in [0.1, 0.15) is 29.8 Å². The summed E-state index contributed by atoms with van der Waals surface area (Å²) < 4.78 is 11.1. The first-order valence-corrected chi connectivity index (χ1v) is 8.96. The molecule has 0 aromatic heterocycles. The molecule has 0 unspecified atom stereocenters. The fourth-order valence-corrected chi connectivity index (χ4v) is 2.53. The van der Waals surface area contributed by atoms with Crippen LogP contribution in [0.15, 0.2) is 42.5 Å². The Morgan fingerprint density at radius 3 is 2.22 bits per heavy atom. The molecule has 0 aliphatic carbocycles. The van der Waals surface area contributed by atoms with E-state index in [-0.39, 0.29) is 18.4 Å². The van der Waals surface area contributed by atoms with Gasteiger partial charge in [-0.05, 0) is 45.0 Å². The molecule has 2 aromatic rings. The Balaban J connectivity index is 2.00. The number of rotatable bonds is 8. The van der Waals surface area contributed by atoms with Crippen LogP contribution in [-0.4, -0.2) is 43.5 Å². The summed E-state index contributed by atoms with van der Waals surface area (Å²) in [6.07, 6.45) is 0. The number of hydrogen-bond acceptors (Lipinski definition) is 4. The molecule has 2 rings (SSSR count). The number of nitrogens with zero attached hydrogens (tertiary/aromatic N) is 1. The average Bonchev–Trinajstić information content (AvgIpc) is 2.64. The molecule has 0 heterocycles. The van der Waals surface area contributed by atoms with Gasteiger partial charge in [0.1, 0.15) is 0 Å². The second-order valence-corrected chi connectivity index (χ2v) is 6.10. The van der Waals surface area contributed by atoms with E-state index in [1.54, 1.807) is 37.4 Å². The largest absolute Gasteiger partial charge is 0.490 e. The standard InChI is InChI=1S/C21H26N2O4/c1-5-26-18-12-11-17(13-19(18)27-6-2)22-20(24)14-23(4)21(25)16-9-7-15(3)8-10-16/h7-13H,5-6,14H2,1-4H3,(H,22,24). The van der Waals surface area contributed by atoms with E-state index in [0.29, 0.717) is 36.0 Å². The van der Waals surface area contributed by atoms with Crippen LogP contribution in [0, 0.1) is 6.92 Å². The van der Waals surface area contributed by atoms with Crippen LogP contribution in [0.2, 0.25) is 0 Å². The molecule has 6 heteroatoms. The lowest BCUT2D eigenvalue weighted by Crippen LogP contribution is -2.34. The zero-order chi connectivity index (χ0) is 19.8. The molecule has 0 fully saturated rings. The molecule has 0 bridgehead atoms. The highest BCUT2D eigenvalue weighted by Gasteiger charge is 2.15. The second-order valence-electron chi connectivity index (χ2n) is 6.10. The van der Waals surface area contributed by atoms with Crippen molar-refractivity contribution in [2.24, 2.45) is 0 Å². The molecule has 2 amide bonds. The van der Waals surface area contributed by atoms with E-state index in [1.165, 1.54) is 4.90 Å². The minimum absolute atomic E-state index is 0.0517. The van der Waals surface area contributed by atoms with Crippen molar-refractivity contribution in [1.82, 2.24) is 4.90 Å². The van der Waals surface area contributed by atoms with E-state index < -0.39 is 0 Å². The van der Waals surface area contributed by atoms with Gasteiger partial charge in [0, 0.05) is 24.4 Å². The molecule has 27 heavy (non-hydrogen) atoms. The summed E-state index contributed by atoms with van der Waals surface area (Å²) >= 11 is 0. The van der Waals surface area contributed by atoms with Crippen molar-refractivity contribution in [3.8, 4) is 11.5 Å². The minimum Gasteiger partial charge on any atom is -0.490 e. The number of hydrogen-bond donors (Lipinski definition) is 1. The first-order valence-electron chi connectivity index (χ1n) is 8.96. The molecule has 1 N–H and O–H groups in total. The maximum atomic E-state index is 12.4. The van der Waals surface area contributed by atoms with Gasteiger partial charge in [-0.15, -0.1) is 0 Å². The van der Waals surface area contributed by atoms with Crippen LogP contribution in [0.3, 0.4) is 0 Å². The third-order valence-electron chi connectivity index (χ3n) is 3.85. The van der Waals surface area contributed by atoms with E-state index in [2.05, 4.69) is 5.32 Å². The van der Waals surface area contributed by atoms with Crippen molar-refractivity contribution in [3.05, 3.63) is 53.6 Å². The van der Waals surface area contributed by atoms with Gasteiger partial charge < -0.3 is 19.7 Å². The van der Waals surface area contributed by atoms with E-state index in [0.717, 1.165) is 5.56 Å². The maximum absolute atomic E-state index is 12.4. The Kier molecular flexibility index (Phi) is 7.23. The molecule has 6 nitrogen and oxygen atoms in total. The first kappa shape index (κ1) is 20.3. The summed E-state index contributed by atoms with van der Waals surface area (Å²) in [5.74, 6) is 0.710. The summed E-state index contributed by atoms with van der Waals surface area (Å²) in [4.78, 5) is 26.1. The van der Waals surface area contributed by atoms with E-state index in [1.807, 2.05) is 32.9 Å². The normalized spacial score (nSPS) is 10.2. The number of carbonyl (C=O) groups is 2. The number of amides is 2. The summed E-state index contributed by atoms with van der Waals surface area (Å²) in [6.45, 7) is 6.70. The van der Waals surface area contributed by atoms with E-state index >= 15 is 0 Å². The minimum atomic E-state index is -0.287. The first-order chi connectivity index (χ1) is 12.9. The van der Waals surface area contributed by atoms with Gasteiger partial charge in [0.2, 0.25) is 5.91 Å². The Labute approximate surface area is 160 Å². The smallest absolute Gasteiger partial charge is 0.254 e. The van der Waals surface area contributed by atoms with Crippen LogP contribution in [0.4, 0.5) is 5.69 Å². The Morgan fingerprint density at radius 1 is 0.963 bits per heavy atom. The van der Waals surface area contributed by atoms with Gasteiger partial charge in [0.25, 0.3) is 5.91 Å². The topological polar surface area (TPSA) is 67.9 Å². The molecule has 0 spiro atoms. The summed E-state index contributed by atoms with van der Waals surface area (Å²) in [7, 11) is 1.60. The number of aryl methyl sites for hydroxylation is 1. The predicted octanol–water partition coefficient (Wildman–Crippen LogP) is 3.50. The van der Waals surface area contributed by atoms with E-state index in [9.17, 15) is 9.59 Å². The predicted molar refractivity (Wildman–Crippen MR) is 106 cm³/mol. The van der Waals surface area contributed by atoms with Gasteiger partial charge in [-0.25, -0.2) is 0 Å². The lowest BCUT2D eigenvalue weighted by Gasteiger charge is -2.17. The van der Waals surface area contributed by atoms with Crippen molar-refractivity contribution in [2.45, 2.75) is 20.8 Å². The van der Waals surface area contributed by atoms with Crippen LogP contribution in [0.25, 0.3) is 0 Å². The van der Waals surface area contributed by atoms with Crippen molar-refractivity contribution in [1.29, 1.82) is 0 Å². The van der Waals surface area contributed by atoms with Crippen LogP contribution >= 0.6 is 0 Å². The quantitative estimate of drug-likeness (QED) is 0.772. The third kappa shape index (κ3) is 5.74. The summed E-state index contributed by atoms with van der Waals surface area (Å²) in [5, 5.41) is 2.79. The molecular formula is C21H26N2O4. The summed E-state index contributed by atoms with van der Waals surface area (Å²) in [6, 6.07) is 12.5. The lowest BCUT2D eigenvalue weighted by molar-refractivity contribution is -0.116. The van der Waals surface area contributed by atoms with Crippen molar-refractivity contribution >= 4 is 17.5 Å². The summed E-state index contributed by atoms with van der Waals surface area (Å²) in [5.41, 5.74) is 2.21. The fraction of sp³-hybridized carbons (Fsp3) is 0.333. The molecule has 0 radical (unpaired) electrons. The Morgan fingerprint density at radius 2 is 1.59 bits per heavy atom. The highest BCUT2D eigenvalue weighted by atomic mass is 16.5. The van der Waals surface area contributed by atoms with Crippen LogP contribution in [-0.2, 0) is 4.79 Å². The average molecular weight is 370 g/mol. The number of anilines is 1. The van der Waals surface area contributed by atoms with Crippen molar-refractivity contribution < 1.29 is 19.1 Å². The molecule has 0 atom stereocenters. The Bertz CT molecular complexity index is 787. The zero-order valence-electron chi connectivity index (χ0n) is 16.2. The highest BCUT2D eigenvalue weighted by Crippen LogP contribution is 2.30. The van der Waals surface area contributed by atoms with Gasteiger partial charge in [-0.2, -0.15) is 0 Å². The maximum Gasteiger partial charge on any atom is 0.254 e. The lowest BCUT2D eigenvalue weighted by atomic mass is 10.1. The molecule has 144 valence electrons. The van der Waals surface area contributed by atoms with Crippen LogP contribution in [0.5, 0.6) is 11.5 Å². The SMILES string of the molecule is CCOc1ccc(NC(=O)CN(C)C(=O)c2ccc(C)cc2)cc1OCC. The van der Waals surface area contributed by atoms with Gasteiger partial charge >= 0.3 is 0 Å². The molecule has 0 aliphatic rings. The Hall–Kier alpha value is -3.02.